The molecule has 0 saturated heterocycles. The van der Waals surface area contributed by atoms with Crippen LogP contribution in [-0.2, 0) is 11.5 Å². The zero-order chi connectivity index (χ0) is 22.4. The average molecular weight is 455 g/mol. The third kappa shape index (κ3) is 3.88. The number of nitrogens with zero attached hydrogens (tertiary/aromatic N) is 3. The maximum Gasteiger partial charge on any atom is 0.388 e. The molecule has 0 spiro atoms. The molecule has 1 saturated carbocycles. The third-order valence-electron chi connectivity index (χ3n) is 5.82. The van der Waals surface area contributed by atoms with Crippen molar-refractivity contribution in [1.29, 1.82) is 0 Å². The molecule has 1 aliphatic rings. The lowest BCUT2D eigenvalue weighted by atomic mass is 9.97. The molecule has 163 valence electrons. The minimum Gasteiger partial charge on any atom is -0.417 e. The van der Waals surface area contributed by atoms with E-state index < -0.39 is 6.61 Å². The van der Waals surface area contributed by atoms with Gasteiger partial charge in [0.15, 0.2) is 5.75 Å². The summed E-state index contributed by atoms with van der Waals surface area (Å²) in [5.41, 5.74) is 4.14. The highest BCUT2D eigenvalue weighted by atomic mass is 35.5. The Morgan fingerprint density at radius 2 is 1.94 bits per heavy atom. The van der Waals surface area contributed by atoms with E-state index >= 15 is 0 Å². The topological polar surface area (TPSA) is 59.8 Å². The number of benzene rings is 2. The van der Waals surface area contributed by atoms with E-state index in [0.717, 1.165) is 11.3 Å². The zero-order valence-electron chi connectivity index (χ0n) is 17.2. The summed E-state index contributed by atoms with van der Waals surface area (Å²) in [6.07, 6.45) is 6.63. The van der Waals surface area contributed by atoms with Gasteiger partial charge in [-0.25, -0.2) is 9.67 Å². The summed E-state index contributed by atoms with van der Waals surface area (Å²) in [6, 6.07) is 10.4. The molecular formula is C24H19ClF2N3O2. The Morgan fingerprint density at radius 1 is 1.19 bits per heavy atom. The Balaban J connectivity index is 1.50. The Bertz CT molecular complexity index is 1300. The first-order chi connectivity index (χ1) is 15.4. The van der Waals surface area contributed by atoms with Crippen molar-refractivity contribution >= 4 is 22.5 Å². The van der Waals surface area contributed by atoms with Crippen molar-refractivity contribution in [2.45, 2.75) is 38.7 Å². The van der Waals surface area contributed by atoms with Crippen LogP contribution in [0.3, 0.4) is 0 Å². The van der Waals surface area contributed by atoms with Crippen LogP contribution in [0.5, 0.6) is 11.6 Å². The lowest BCUT2D eigenvalue weighted by Crippen LogP contribution is -2.09. The normalized spacial score (nSPS) is 13.8. The first-order valence-corrected chi connectivity index (χ1v) is 10.7. The average Bonchev–Trinajstić information content (AvgIpc) is 3.50. The van der Waals surface area contributed by atoms with Gasteiger partial charge in [-0.15, -0.1) is 0 Å². The molecule has 2 aromatic carbocycles. The predicted octanol–water partition coefficient (Wildman–Crippen LogP) is 6.60. The summed E-state index contributed by atoms with van der Waals surface area (Å²) in [7, 11) is 0. The van der Waals surface area contributed by atoms with Gasteiger partial charge in [0.25, 0.3) is 0 Å². The molecule has 1 aliphatic carbocycles. The van der Waals surface area contributed by atoms with E-state index in [-0.39, 0.29) is 28.6 Å². The summed E-state index contributed by atoms with van der Waals surface area (Å²) >= 11 is 6.17. The van der Waals surface area contributed by atoms with Crippen LogP contribution in [0, 0.1) is 6.92 Å². The molecule has 0 atom stereocenters. The summed E-state index contributed by atoms with van der Waals surface area (Å²) in [5.74, 6) is 0.140. The quantitative estimate of drug-likeness (QED) is 0.330. The standard InChI is InChI=1S/C24H19ClF2N3O2/c1-13-18(23(32-24(26)27)29-22-19(25)8-9-20(31)21(13)22)10-14-2-6-17(7-3-14)30-12-16(11-28-30)15-4-5-15/h2-3,6-9,11-12,15,24H,4-5,10H2,1H3. The van der Waals surface area contributed by atoms with Crippen molar-refractivity contribution < 1.29 is 18.6 Å². The first-order valence-electron chi connectivity index (χ1n) is 10.3. The van der Waals surface area contributed by atoms with Crippen molar-refractivity contribution in [3.63, 3.8) is 0 Å². The Morgan fingerprint density at radius 3 is 2.62 bits per heavy atom. The molecule has 2 aromatic heterocycles. The van der Waals surface area contributed by atoms with Crippen LogP contribution in [-0.4, -0.2) is 21.4 Å². The van der Waals surface area contributed by atoms with Gasteiger partial charge in [-0.2, -0.15) is 13.9 Å². The molecule has 1 radical (unpaired) electrons. The number of pyridine rings is 1. The fourth-order valence-corrected chi connectivity index (χ4v) is 4.17. The van der Waals surface area contributed by atoms with Crippen LogP contribution < -0.4 is 4.74 Å². The van der Waals surface area contributed by atoms with E-state index in [0.29, 0.717) is 22.4 Å². The first kappa shape index (κ1) is 20.7. The predicted molar refractivity (Wildman–Crippen MR) is 117 cm³/mol. The van der Waals surface area contributed by atoms with Gasteiger partial charge in [0.05, 0.1) is 27.8 Å². The highest BCUT2D eigenvalue weighted by molar-refractivity contribution is 6.35. The van der Waals surface area contributed by atoms with Crippen LogP contribution in [0.4, 0.5) is 8.78 Å². The summed E-state index contributed by atoms with van der Waals surface area (Å²) in [6.45, 7) is -1.34. The summed E-state index contributed by atoms with van der Waals surface area (Å²) in [4.78, 5) is 4.17. The maximum absolute atomic E-state index is 13.1. The van der Waals surface area contributed by atoms with Gasteiger partial charge in [0.2, 0.25) is 5.88 Å². The second-order valence-electron chi connectivity index (χ2n) is 8.00. The molecular weight excluding hydrogens is 436 g/mol. The van der Waals surface area contributed by atoms with Crippen molar-refractivity contribution in [1.82, 2.24) is 14.8 Å². The maximum atomic E-state index is 13.1. The third-order valence-corrected chi connectivity index (χ3v) is 6.13. The largest absolute Gasteiger partial charge is 0.417 e. The molecule has 0 aliphatic heterocycles. The molecule has 0 amide bonds. The second-order valence-corrected chi connectivity index (χ2v) is 8.41. The summed E-state index contributed by atoms with van der Waals surface area (Å²) in [5, 5.41) is 17.4. The van der Waals surface area contributed by atoms with Crippen molar-refractivity contribution in [3.8, 4) is 17.3 Å². The number of alkyl halides is 2. The number of halogens is 3. The SMILES string of the molecule is Cc1c(Cc2ccc(-n3cc(C4CC4)cn3)cc2)c(OC(F)F)nc2c(Cl)ccc([O])c12. The minimum atomic E-state index is -3.05. The van der Waals surface area contributed by atoms with Crippen LogP contribution in [0.25, 0.3) is 16.6 Å². The molecule has 4 aromatic rings. The lowest BCUT2D eigenvalue weighted by molar-refractivity contribution is -0.0532. The second kappa shape index (κ2) is 8.06. The van der Waals surface area contributed by atoms with Gasteiger partial charge < -0.3 is 4.74 Å². The monoisotopic (exact) mass is 454 g/mol. The number of rotatable bonds is 6. The molecule has 32 heavy (non-hydrogen) atoms. The fraction of sp³-hybridized carbons (Fsp3) is 0.250. The molecule has 5 nitrogen and oxygen atoms in total. The molecule has 0 unspecified atom stereocenters. The fourth-order valence-electron chi connectivity index (χ4n) is 3.97. The number of aromatic nitrogens is 3. The van der Waals surface area contributed by atoms with E-state index in [1.807, 2.05) is 41.3 Å². The van der Waals surface area contributed by atoms with Gasteiger partial charge in [0.1, 0.15) is 0 Å². The Hall–Kier alpha value is -3.19. The number of hydrogen-bond donors (Lipinski definition) is 0. The van der Waals surface area contributed by atoms with E-state index in [9.17, 15) is 13.9 Å². The molecule has 2 heterocycles. The van der Waals surface area contributed by atoms with E-state index in [4.69, 9.17) is 16.3 Å². The molecule has 1 fully saturated rings. The van der Waals surface area contributed by atoms with Crippen molar-refractivity contribution in [2.75, 3.05) is 0 Å². The van der Waals surface area contributed by atoms with Gasteiger partial charge in [0, 0.05) is 18.2 Å². The Labute approximate surface area is 188 Å². The molecule has 5 rings (SSSR count). The molecule has 0 N–H and O–H groups in total. The minimum absolute atomic E-state index is 0.163. The number of fused-ring (bicyclic) bond motifs is 1. The highest BCUT2D eigenvalue weighted by Crippen LogP contribution is 2.40. The van der Waals surface area contributed by atoms with Gasteiger partial charge in [-0.1, -0.05) is 23.7 Å². The van der Waals surface area contributed by atoms with E-state index in [1.54, 1.807) is 6.92 Å². The van der Waals surface area contributed by atoms with Gasteiger partial charge in [-0.05, 0) is 66.6 Å². The van der Waals surface area contributed by atoms with Crippen molar-refractivity contribution in [2.24, 2.45) is 0 Å². The van der Waals surface area contributed by atoms with Crippen LogP contribution in [0.15, 0.2) is 48.8 Å². The Kier molecular flexibility index (Phi) is 5.21. The smallest absolute Gasteiger partial charge is 0.388 e. The number of ether oxygens (including phenoxy) is 1. The van der Waals surface area contributed by atoms with Crippen molar-refractivity contribution in [3.05, 3.63) is 76.1 Å². The number of aryl methyl sites for hydroxylation is 1. The zero-order valence-corrected chi connectivity index (χ0v) is 17.9. The van der Waals surface area contributed by atoms with E-state index in [2.05, 4.69) is 10.1 Å². The molecule has 8 heteroatoms. The van der Waals surface area contributed by atoms with Gasteiger partial charge >= 0.3 is 6.61 Å². The molecule has 0 bridgehead atoms. The highest BCUT2D eigenvalue weighted by Gasteiger charge is 2.25. The van der Waals surface area contributed by atoms with E-state index in [1.165, 1.54) is 30.5 Å². The summed E-state index contributed by atoms with van der Waals surface area (Å²) < 4.78 is 32.7. The van der Waals surface area contributed by atoms with Crippen LogP contribution in [0.1, 0.15) is 41.0 Å². The van der Waals surface area contributed by atoms with Gasteiger partial charge in [-0.3, -0.25) is 5.11 Å². The van der Waals surface area contributed by atoms with Crippen LogP contribution in [0.2, 0.25) is 5.02 Å². The number of hydrogen-bond acceptors (Lipinski definition) is 3. The van der Waals surface area contributed by atoms with Crippen LogP contribution >= 0.6 is 11.6 Å². The lowest BCUT2D eigenvalue weighted by Gasteiger charge is -2.16.